The average Bonchev–Trinajstić information content (AvgIpc) is 3.96. The molecule has 2 N–H and O–H groups in total. The van der Waals surface area contributed by atoms with Crippen LogP contribution in [0.15, 0.2) is 83.6 Å². The van der Waals surface area contributed by atoms with Gasteiger partial charge in [0, 0.05) is 53.2 Å². The fourth-order valence-corrected chi connectivity index (χ4v) is 8.29. The van der Waals surface area contributed by atoms with Gasteiger partial charge in [-0.15, -0.1) is 0 Å². The molecule has 0 aliphatic carbocycles. The van der Waals surface area contributed by atoms with Gasteiger partial charge >= 0.3 is 0 Å². The number of ether oxygens (including phenoxy) is 3. The van der Waals surface area contributed by atoms with Crippen LogP contribution in [0.5, 0.6) is 11.5 Å². The van der Waals surface area contributed by atoms with Crippen LogP contribution in [0.2, 0.25) is 0 Å². The van der Waals surface area contributed by atoms with E-state index in [4.69, 9.17) is 14.2 Å². The van der Waals surface area contributed by atoms with Crippen molar-refractivity contribution in [3.8, 4) is 22.6 Å². The number of hydrogen-bond acceptors (Lipinski definition) is 7. The Balaban J connectivity index is 0.000000181. The van der Waals surface area contributed by atoms with Gasteiger partial charge in [0.25, 0.3) is 11.8 Å². The number of nitrogens with one attached hydrogen (secondary N) is 2. The quantitative estimate of drug-likeness (QED) is 0.137. The zero-order valence-corrected chi connectivity index (χ0v) is 34.7. The molecular formula is C48H50FN3O5S. The summed E-state index contributed by atoms with van der Waals surface area (Å²) in [6.45, 7) is 13.1. The number of anilines is 2. The highest BCUT2D eigenvalue weighted by atomic mass is 32.1. The lowest BCUT2D eigenvalue weighted by Gasteiger charge is -2.26. The number of carbonyl (C=O) groups excluding carboxylic acids is 2. The first kappa shape index (κ1) is 40.6. The average molecular weight is 800 g/mol. The van der Waals surface area contributed by atoms with Gasteiger partial charge in [0.1, 0.15) is 17.3 Å². The van der Waals surface area contributed by atoms with Gasteiger partial charge in [-0.1, -0.05) is 52.0 Å². The molecule has 300 valence electrons. The monoisotopic (exact) mass is 799 g/mol. The van der Waals surface area contributed by atoms with Crippen LogP contribution >= 0.6 is 11.3 Å². The Labute approximate surface area is 344 Å². The Hall–Kier alpha value is -5.55. The standard InChI is InChI=1S/C26H26N2O3S.C22H24FNO2/c1-30-25-5-3-19(15-21(25)20-7-13-32-17-20)16-23-22-14-18(2-4-24(22)27-26(23)29)6-8-28-9-11-31-12-10-28;1-12(2)16-9-14(10-17(13(3)4)21(16)26-5)11-18-15-7-6-8-19(23)20(15)24-22(18)25/h2-5,7,13-17H,6,8-12H2,1H3,(H,27,29);6-13H,1-5H3,(H,24,25). The summed E-state index contributed by atoms with van der Waals surface area (Å²) in [5.41, 5.74) is 11.4. The van der Waals surface area contributed by atoms with Gasteiger partial charge in [-0.25, -0.2) is 4.39 Å². The van der Waals surface area contributed by atoms with E-state index in [0.29, 0.717) is 16.7 Å². The highest BCUT2D eigenvalue weighted by Gasteiger charge is 2.28. The van der Waals surface area contributed by atoms with Crippen molar-refractivity contribution < 1.29 is 28.2 Å². The van der Waals surface area contributed by atoms with Crippen LogP contribution < -0.4 is 20.1 Å². The molecule has 8 rings (SSSR count). The van der Waals surface area contributed by atoms with Crippen molar-refractivity contribution in [1.29, 1.82) is 0 Å². The zero-order valence-electron chi connectivity index (χ0n) is 33.9. The maximum atomic E-state index is 14.0. The second kappa shape index (κ2) is 17.9. The molecule has 0 unspecified atom stereocenters. The minimum Gasteiger partial charge on any atom is -0.496 e. The van der Waals surface area contributed by atoms with Crippen LogP contribution in [0.3, 0.4) is 0 Å². The summed E-state index contributed by atoms with van der Waals surface area (Å²) in [6.07, 6.45) is 4.76. The fourth-order valence-electron chi connectivity index (χ4n) is 7.64. The van der Waals surface area contributed by atoms with E-state index in [1.54, 1.807) is 37.7 Å². The van der Waals surface area contributed by atoms with Crippen LogP contribution in [0, 0.1) is 5.82 Å². The second-order valence-electron chi connectivity index (χ2n) is 15.3. The third-order valence-corrected chi connectivity index (χ3v) is 11.5. The molecule has 4 heterocycles. The summed E-state index contributed by atoms with van der Waals surface area (Å²) < 4.78 is 30.6. The maximum Gasteiger partial charge on any atom is 0.256 e. The van der Waals surface area contributed by atoms with Gasteiger partial charge in [-0.05, 0) is 123 Å². The van der Waals surface area contributed by atoms with Gasteiger partial charge in [-0.3, -0.25) is 14.5 Å². The zero-order chi connectivity index (χ0) is 40.9. The van der Waals surface area contributed by atoms with E-state index in [9.17, 15) is 14.0 Å². The number of fused-ring (bicyclic) bond motifs is 2. The summed E-state index contributed by atoms with van der Waals surface area (Å²) in [7, 11) is 3.37. The number of benzene rings is 4. The number of rotatable bonds is 10. The minimum atomic E-state index is -0.417. The van der Waals surface area contributed by atoms with E-state index >= 15 is 0 Å². The SMILES string of the molecule is COc1c(C(C)C)cc(C=C2C(=O)Nc3c(F)cccc32)cc1C(C)C.COc1ccc(C=C2C(=O)Nc3ccc(CCN4CCOCC4)cc32)cc1-c1ccsc1. The van der Waals surface area contributed by atoms with Crippen molar-refractivity contribution in [2.75, 3.05) is 57.7 Å². The maximum absolute atomic E-state index is 14.0. The van der Waals surface area contributed by atoms with E-state index in [1.807, 2.05) is 42.5 Å². The summed E-state index contributed by atoms with van der Waals surface area (Å²) in [6, 6.07) is 23.2. The molecule has 0 bridgehead atoms. The fraction of sp³-hybridized carbons (Fsp3) is 0.292. The van der Waals surface area contributed by atoms with Gasteiger partial charge in [0.15, 0.2) is 0 Å². The smallest absolute Gasteiger partial charge is 0.256 e. The summed E-state index contributed by atoms with van der Waals surface area (Å²) in [5, 5.41) is 9.79. The molecule has 3 aliphatic rings. The molecule has 4 aromatic carbocycles. The molecular weight excluding hydrogens is 750 g/mol. The second-order valence-corrected chi connectivity index (χ2v) is 16.1. The number of nitrogens with zero attached hydrogens (tertiary/aromatic N) is 1. The van der Waals surface area contributed by atoms with Crippen molar-refractivity contribution in [2.45, 2.75) is 46.0 Å². The first-order valence-corrected chi connectivity index (χ1v) is 20.7. The van der Waals surface area contributed by atoms with Crippen LogP contribution in [0.4, 0.5) is 15.8 Å². The molecule has 0 radical (unpaired) electrons. The van der Waals surface area contributed by atoms with Crippen LogP contribution in [0.25, 0.3) is 34.4 Å². The van der Waals surface area contributed by atoms with Crippen molar-refractivity contribution in [2.24, 2.45) is 0 Å². The first-order valence-electron chi connectivity index (χ1n) is 19.7. The van der Waals surface area contributed by atoms with E-state index < -0.39 is 5.82 Å². The number of carbonyl (C=O) groups is 2. The molecule has 3 aliphatic heterocycles. The highest BCUT2D eigenvalue weighted by molar-refractivity contribution is 7.08. The van der Waals surface area contributed by atoms with E-state index in [1.165, 1.54) is 11.6 Å². The van der Waals surface area contributed by atoms with E-state index in [0.717, 1.165) is 95.4 Å². The number of amides is 2. The van der Waals surface area contributed by atoms with E-state index in [-0.39, 0.29) is 29.3 Å². The van der Waals surface area contributed by atoms with Crippen LogP contribution in [0.1, 0.15) is 78.5 Å². The Morgan fingerprint density at radius 3 is 2.17 bits per heavy atom. The predicted octanol–water partition coefficient (Wildman–Crippen LogP) is 10.4. The molecule has 10 heteroatoms. The third-order valence-electron chi connectivity index (χ3n) is 10.8. The van der Waals surface area contributed by atoms with Crippen LogP contribution in [-0.2, 0) is 20.7 Å². The normalized spacial score (nSPS) is 16.3. The van der Waals surface area contributed by atoms with Crippen molar-refractivity contribution >= 4 is 57.8 Å². The van der Waals surface area contributed by atoms with E-state index in [2.05, 4.69) is 78.3 Å². The van der Waals surface area contributed by atoms with Crippen molar-refractivity contribution in [1.82, 2.24) is 4.90 Å². The number of morpholine rings is 1. The molecule has 0 atom stereocenters. The molecule has 8 nitrogen and oxygen atoms in total. The van der Waals surface area contributed by atoms with Gasteiger partial charge in [0.05, 0.1) is 33.1 Å². The molecule has 1 fully saturated rings. The van der Waals surface area contributed by atoms with Crippen LogP contribution in [-0.4, -0.2) is 63.8 Å². The Morgan fingerprint density at radius 2 is 1.50 bits per heavy atom. The minimum absolute atomic E-state index is 0.0572. The van der Waals surface area contributed by atoms with Crippen molar-refractivity contribution in [3.63, 3.8) is 0 Å². The number of thiophene rings is 1. The lowest BCUT2D eigenvalue weighted by molar-refractivity contribution is -0.111. The number of methoxy groups -OCH3 is 2. The number of halogens is 1. The first-order chi connectivity index (χ1) is 28.0. The topological polar surface area (TPSA) is 89.1 Å². The van der Waals surface area contributed by atoms with Gasteiger partial charge < -0.3 is 24.8 Å². The molecule has 58 heavy (non-hydrogen) atoms. The van der Waals surface area contributed by atoms with Gasteiger partial charge in [0.2, 0.25) is 0 Å². The summed E-state index contributed by atoms with van der Waals surface area (Å²) in [4.78, 5) is 27.6. The number of hydrogen-bond donors (Lipinski definition) is 2. The summed E-state index contributed by atoms with van der Waals surface area (Å²) in [5.74, 6) is 1.54. The highest BCUT2D eigenvalue weighted by Crippen LogP contribution is 2.40. The predicted molar refractivity (Wildman–Crippen MR) is 234 cm³/mol. The lowest BCUT2D eigenvalue weighted by atomic mass is 9.90. The molecule has 1 saturated heterocycles. The Bertz CT molecular complexity index is 2350. The molecule has 5 aromatic rings. The Morgan fingerprint density at radius 1 is 0.793 bits per heavy atom. The van der Waals surface area contributed by atoms with Gasteiger partial charge in [-0.2, -0.15) is 11.3 Å². The largest absolute Gasteiger partial charge is 0.496 e. The Kier molecular flexibility index (Phi) is 12.6. The molecule has 1 aromatic heterocycles. The molecule has 0 saturated carbocycles. The lowest BCUT2D eigenvalue weighted by Crippen LogP contribution is -2.37. The molecule has 2 amide bonds. The number of para-hydroxylation sites is 1. The molecule has 0 spiro atoms. The summed E-state index contributed by atoms with van der Waals surface area (Å²) >= 11 is 1.65. The van der Waals surface area contributed by atoms with Crippen molar-refractivity contribution in [3.05, 3.63) is 128 Å². The third kappa shape index (κ3) is 8.79.